The number of nitrogens with two attached hydrogens (primary N) is 1. The SMILES string of the molecule is Cc1c(F)cnc(Cl)c1N. The zero-order valence-electron chi connectivity index (χ0n) is 5.36. The van der Waals surface area contributed by atoms with E-state index in [0.29, 0.717) is 5.56 Å². The van der Waals surface area contributed by atoms with Crippen LogP contribution in [0.4, 0.5) is 10.1 Å². The van der Waals surface area contributed by atoms with E-state index in [1.54, 1.807) is 6.92 Å². The van der Waals surface area contributed by atoms with Crippen LogP contribution in [-0.2, 0) is 0 Å². The lowest BCUT2D eigenvalue weighted by molar-refractivity contribution is 0.613. The van der Waals surface area contributed by atoms with E-state index in [4.69, 9.17) is 17.3 Å². The molecule has 0 radical (unpaired) electrons. The van der Waals surface area contributed by atoms with Gasteiger partial charge in [-0.25, -0.2) is 9.37 Å². The zero-order chi connectivity index (χ0) is 7.72. The molecule has 0 aliphatic heterocycles. The lowest BCUT2D eigenvalue weighted by Gasteiger charge is -2.00. The molecule has 4 heteroatoms. The number of nitrogen functional groups attached to an aromatic ring is 1. The largest absolute Gasteiger partial charge is 0.396 e. The van der Waals surface area contributed by atoms with Crippen LogP contribution in [0.15, 0.2) is 6.20 Å². The third-order valence-corrected chi connectivity index (χ3v) is 1.58. The number of pyridine rings is 1. The standard InChI is InChI=1S/C6H6ClFN2/c1-3-4(8)2-10-6(7)5(3)9/h2H,9H2,1H3. The highest BCUT2D eigenvalue weighted by molar-refractivity contribution is 6.31. The first kappa shape index (κ1) is 7.28. The van der Waals surface area contributed by atoms with Crippen molar-refractivity contribution in [3.05, 3.63) is 22.7 Å². The number of anilines is 1. The molecule has 2 N–H and O–H groups in total. The molecule has 2 nitrogen and oxygen atoms in total. The van der Waals surface area contributed by atoms with E-state index < -0.39 is 5.82 Å². The molecule has 0 saturated carbocycles. The van der Waals surface area contributed by atoms with E-state index in [9.17, 15) is 4.39 Å². The van der Waals surface area contributed by atoms with Crippen LogP contribution in [-0.4, -0.2) is 4.98 Å². The van der Waals surface area contributed by atoms with Gasteiger partial charge in [0.25, 0.3) is 0 Å². The van der Waals surface area contributed by atoms with Gasteiger partial charge in [-0.05, 0) is 6.92 Å². The molecule has 0 spiro atoms. The number of aromatic nitrogens is 1. The summed E-state index contributed by atoms with van der Waals surface area (Å²) in [7, 11) is 0. The molecule has 1 aromatic heterocycles. The lowest BCUT2D eigenvalue weighted by Crippen LogP contribution is -1.95. The highest BCUT2D eigenvalue weighted by atomic mass is 35.5. The van der Waals surface area contributed by atoms with Gasteiger partial charge in [-0.1, -0.05) is 11.6 Å². The van der Waals surface area contributed by atoms with Crippen molar-refractivity contribution in [2.75, 3.05) is 5.73 Å². The van der Waals surface area contributed by atoms with Crippen molar-refractivity contribution in [3.8, 4) is 0 Å². The molecule has 0 bridgehead atoms. The summed E-state index contributed by atoms with van der Waals surface area (Å²) < 4.78 is 12.6. The van der Waals surface area contributed by atoms with Crippen LogP contribution < -0.4 is 5.73 Å². The van der Waals surface area contributed by atoms with E-state index in [1.807, 2.05) is 0 Å². The Morgan fingerprint density at radius 1 is 1.70 bits per heavy atom. The number of hydrogen-bond acceptors (Lipinski definition) is 2. The smallest absolute Gasteiger partial charge is 0.152 e. The third kappa shape index (κ3) is 1.04. The molecule has 0 saturated heterocycles. The molecular weight excluding hydrogens is 155 g/mol. The predicted octanol–water partition coefficient (Wildman–Crippen LogP) is 1.76. The summed E-state index contributed by atoms with van der Waals surface area (Å²) >= 11 is 5.48. The van der Waals surface area contributed by atoms with Gasteiger partial charge in [0.05, 0.1) is 11.9 Å². The Hall–Kier alpha value is -0.830. The predicted molar refractivity (Wildman–Crippen MR) is 38.4 cm³/mol. The molecule has 0 aliphatic rings. The summed E-state index contributed by atoms with van der Waals surface area (Å²) in [5.74, 6) is -0.429. The molecule has 54 valence electrons. The average Bonchev–Trinajstić information content (AvgIpc) is 1.93. The van der Waals surface area contributed by atoms with Crippen LogP contribution >= 0.6 is 11.6 Å². The van der Waals surface area contributed by atoms with Crippen molar-refractivity contribution in [1.29, 1.82) is 0 Å². The highest BCUT2D eigenvalue weighted by Crippen LogP contribution is 2.20. The Morgan fingerprint density at radius 2 is 2.30 bits per heavy atom. The van der Waals surface area contributed by atoms with Crippen LogP contribution in [0.2, 0.25) is 5.15 Å². The van der Waals surface area contributed by atoms with Crippen LogP contribution in [0.5, 0.6) is 0 Å². The van der Waals surface area contributed by atoms with Crippen molar-refractivity contribution in [1.82, 2.24) is 4.98 Å². The van der Waals surface area contributed by atoms with Crippen molar-refractivity contribution >= 4 is 17.3 Å². The first-order valence-electron chi connectivity index (χ1n) is 2.69. The Labute approximate surface area is 62.8 Å². The van der Waals surface area contributed by atoms with Gasteiger partial charge < -0.3 is 5.73 Å². The Balaban J connectivity index is 3.34. The lowest BCUT2D eigenvalue weighted by atomic mass is 10.2. The second kappa shape index (κ2) is 2.42. The maximum atomic E-state index is 12.6. The maximum absolute atomic E-state index is 12.6. The van der Waals surface area contributed by atoms with Crippen molar-refractivity contribution in [3.63, 3.8) is 0 Å². The molecule has 0 amide bonds. The van der Waals surface area contributed by atoms with E-state index in [0.717, 1.165) is 6.20 Å². The minimum Gasteiger partial charge on any atom is -0.396 e. The summed E-state index contributed by atoms with van der Waals surface area (Å²) in [4.78, 5) is 3.50. The molecule has 1 rings (SSSR count). The summed E-state index contributed by atoms with van der Waals surface area (Å²) in [6.07, 6.45) is 1.05. The van der Waals surface area contributed by atoms with Gasteiger partial charge in [0.15, 0.2) is 5.15 Å². The van der Waals surface area contributed by atoms with Gasteiger partial charge in [0, 0.05) is 5.56 Å². The first-order chi connectivity index (χ1) is 4.63. The number of nitrogens with zero attached hydrogens (tertiary/aromatic N) is 1. The van der Waals surface area contributed by atoms with Gasteiger partial charge in [-0.15, -0.1) is 0 Å². The van der Waals surface area contributed by atoms with E-state index in [1.165, 1.54) is 0 Å². The number of hydrogen-bond donors (Lipinski definition) is 1. The molecule has 1 heterocycles. The monoisotopic (exact) mass is 160 g/mol. The zero-order valence-corrected chi connectivity index (χ0v) is 6.11. The highest BCUT2D eigenvalue weighted by Gasteiger charge is 2.04. The number of rotatable bonds is 0. The van der Waals surface area contributed by atoms with Crippen molar-refractivity contribution in [2.45, 2.75) is 6.92 Å². The van der Waals surface area contributed by atoms with Crippen molar-refractivity contribution < 1.29 is 4.39 Å². The van der Waals surface area contributed by atoms with Crippen LogP contribution in [0.25, 0.3) is 0 Å². The molecule has 0 unspecified atom stereocenters. The minimum absolute atomic E-state index is 0.152. The number of halogens is 2. The molecule has 0 aromatic carbocycles. The fourth-order valence-electron chi connectivity index (χ4n) is 0.563. The van der Waals surface area contributed by atoms with Gasteiger partial charge in [-0.2, -0.15) is 0 Å². The Bertz CT molecular complexity index is 235. The van der Waals surface area contributed by atoms with E-state index in [-0.39, 0.29) is 10.8 Å². The maximum Gasteiger partial charge on any atom is 0.152 e. The quantitative estimate of drug-likeness (QED) is 0.588. The topological polar surface area (TPSA) is 38.9 Å². The fourth-order valence-corrected chi connectivity index (χ4v) is 0.754. The first-order valence-corrected chi connectivity index (χ1v) is 3.07. The molecule has 0 fully saturated rings. The molecule has 0 aliphatic carbocycles. The van der Waals surface area contributed by atoms with Crippen LogP contribution in [0.3, 0.4) is 0 Å². The normalized spacial score (nSPS) is 9.90. The third-order valence-electron chi connectivity index (χ3n) is 1.28. The second-order valence-electron chi connectivity index (χ2n) is 1.94. The molecule has 10 heavy (non-hydrogen) atoms. The van der Waals surface area contributed by atoms with E-state index in [2.05, 4.69) is 4.98 Å². The summed E-state index contributed by atoms with van der Waals surface area (Å²) in [5.41, 5.74) is 5.91. The fraction of sp³-hybridized carbons (Fsp3) is 0.167. The summed E-state index contributed by atoms with van der Waals surface area (Å²) in [5, 5.41) is 0.152. The van der Waals surface area contributed by atoms with Gasteiger partial charge in [0.1, 0.15) is 5.82 Å². The van der Waals surface area contributed by atoms with Gasteiger partial charge >= 0.3 is 0 Å². The molecular formula is C6H6ClFN2. The van der Waals surface area contributed by atoms with Gasteiger partial charge in [0.2, 0.25) is 0 Å². The summed E-state index contributed by atoms with van der Waals surface area (Å²) in [6.45, 7) is 1.55. The minimum atomic E-state index is -0.429. The average molecular weight is 161 g/mol. The van der Waals surface area contributed by atoms with Gasteiger partial charge in [-0.3, -0.25) is 0 Å². The molecule has 1 aromatic rings. The van der Waals surface area contributed by atoms with Crippen LogP contribution in [0, 0.1) is 12.7 Å². The van der Waals surface area contributed by atoms with Crippen LogP contribution in [0.1, 0.15) is 5.56 Å². The Morgan fingerprint density at radius 3 is 2.80 bits per heavy atom. The molecule has 0 atom stereocenters. The van der Waals surface area contributed by atoms with Crippen molar-refractivity contribution in [2.24, 2.45) is 0 Å². The second-order valence-corrected chi connectivity index (χ2v) is 2.29. The Kier molecular flexibility index (Phi) is 1.76. The summed E-state index contributed by atoms with van der Waals surface area (Å²) in [6, 6.07) is 0. The van der Waals surface area contributed by atoms with E-state index >= 15 is 0 Å².